The fraction of sp³-hybridized carbons (Fsp3) is 0.529. The van der Waals surface area contributed by atoms with E-state index in [9.17, 15) is 9.59 Å². The largest absolute Gasteiger partial charge is 0.450 e. The molecule has 0 atom stereocenters. The number of benzene rings is 1. The minimum Gasteiger partial charge on any atom is -0.450 e. The number of amides is 2. The van der Waals surface area contributed by atoms with Gasteiger partial charge in [0.15, 0.2) is 0 Å². The van der Waals surface area contributed by atoms with Crippen LogP contribution < -0.4 is 0 Å². The Morgan fingerprint density at radius 3 is 2.45 bits per heavy atom. The second kappa shape index (κ2) is 8.41. The summed E-state index contributed by atoms with van der Waals surface area (Å²) in [6.45, 7) is 4.69. The summed E-state index contributed by atoms with van der Waals surface area (Å²) < 4.78 is 5.02. The molecular weight excluding hydrogens is 280 g/mol. The van der Waals surface area contributed by atoms with E-state index in [1.54, 1.807) is 11.8 Å². The molecule has 0 bridgehead atoms. The Bertz CT molecular complexity index is 490. The lowest BCUT2D eigenvalue weighted by Gasteiger charge is -2.21. The molecule has 0 aromatic heterocycles. The van der Waals surface area contributed by atoms with Gasteiger partial charge in [-0.05, 0) is 25.3 Å². The Kier molecular flexibility index (Phi) is 6.25. The number of carbonyl (C=O) groups is 2. The first-order valence-corrected chi connectivity index (χ1v) is 7.94. The van der Waals surface area contributed by atoms with Gasteiger partial charge in [0.25, 0.3) is 0 Å². The van der Waals surface area contributed by atoms with E-state index in [2.05, 4.69) is 0 Å². The highest BCUT2D eigenvalue weighted by molar-refractivity contribution is 5.76. The van der Waals surface area contributed by atoms with Gasteiger partial charge in [0, 0.05) is 32.6 Å². The molecule has 1 aliphatic rings. The van der Waals surface area contributed by atoms with Crippen molar-refractivity contribution in [2.75, 3.05) is 32.8 Å². The van der Waals surface area contributed by atoms with Crippen LogP contribution in [0, 0.1) is 0 Å². The molecule has 0 spiro atoms. The van der Waals surface area contributed by atoms with E-state index in [0.717, 1.165) is 12.8 Å². The monoisotopic (exact) mass is 304 g/mol. The van der Waals surface area contributed by atoms with Crippen LogP contribution in [0.5, 0.6) is 0 Å². The maximum absolute atomic E-state index is 12.3. The summed E-state index contributed by atoms with van der Waals surface area (Å²) in [6, 6.07) is 10.0. The number of rotatable bonds is 4. The molecule has 1 aliphatic heterocycles. The molecule has 1 aromatic rings. The summed E-state index contributed by atoms with van der Waals surface area (Å²) in [4.78, 5) is 27.6. The molecule has 1 fully saturated rings. The molecule has 0 unspecified atom stereocenters. The van der Waals surface area contributed by atoms with Crippen molar-refractivity contribution in [2.24, 2.45) is 0 Å². The number of hydrogen-bond acceptors (Lipinski definition) is 3. The van der Waals surface area contributed by atoms with Gasteiger partial charge in [0.2, 0.25) is 5.91 Å². The Morgan fingerprint density at radius 2 is 1.73 bits per heavy atom. The molecule has 0 aliphatic carbocycles. The predicted molar refractivity (Wildman–Crippen MR) is 84.6 cm³/mol. The van der Waals surface area contributed by atoms with Crippen molar-refractivity contribution >= 4 is 12.0 Å². The van der Waals surface area contributed by atoms with Crippen LogP contribution in [0.25, 0.3) is 0 Å². The minimum absolute atomic E-state index is 0.162. The molecule has 1 saturated heterocycles. The third kappa shape index (κ3) is 4.76. The standard InChI is InChI=1S/C17H24N2O3/c1-2-22-17(21)19-12-6-11-18(13-14-19)16(20)10-9-15-7-4-3-5-8-15/h3-5,7-8H,2,6,9-14H2,1H3. The fourth-order valence-corrected chi connectivity index (χ4v) is 2.62. The van der Waals surface area contributed by atoms with E-state index in [4.69, 9.17) is 4.74 Å². The third-order valence-electron chi connectivity index (χ3n) is 3.84. The lowest BCUT2D eigenvalue weighted by Crippen LogP contribution is -2.37. The van der Waals surface area contributed by atoms with Crippen molar-refractivity contribution in [2.45, 2.75) is 26.2 Å². The van der Waals surface area contributed by atoms with Gasteiger partial charge in [-0.15, -0.1) is 0 Å². The van der Waals surface area contributed by atoms with E-state index < -0.39 is 0 Å². The molecule has 0 radical (unpaired) electrons. The first kappa shape index (κ1) is 16.3. The molecule has 2 rings (SSSR count). The number of nitrogens with zero attached hydrogens (tertiary/aromatic N) is 2. The Labute approximate surface area is 131 Å². The van der Waals surface area contributed by atoms with Crippen LogP contribution >= 0.6 is 0 Å². The summed E-state index contributed by atoms with van der Waals surface area (Å²) in [5, 5.41) is 0. The zero-order valence-electron chi connectivity index (χ0n) is 13.2. The van der Waals surface area contributed by atoms with Crippen molar-refractivity contribution in [3.05, 3.63) is 35.9 Å². The Morgan fingerprint density at radius 1 is 1.05 bits per heavy atom. The molecule has 5 heteroatoms. The van der Waals surface area contributed by atoms with Gasteiger partial charge in [-0.1, -0.05) is 30.3 Å². The van der Waals surface area contributed by atoms with Gasteiger partial charge >= 0.3 is 6.09 Å². The topological polar surface area (TPSA) is 49.9 Å². The van der Waals surface area contributed by atoms with E-state index in [1.165, 1.54) is 5.56 Å². The van der Waals surface area contributed by atoms with Crippen molar-refractivity contribution < 1.29 is 14.3 Å². The molecule has 120 valence electrons. The second-order valence-electron chi connectivity index (χ2n) is 5.41. The number of carbonyl (C=O) groups excluding carboxylic acids is 2. The molecule has 0 N–H and O–H groups in total. The number of hydrogen-bond donors (Lipinski definition) is 0. The van der Waals surface area contributed by atoms with Gasteiger partial charge in [-0.25, -0.2) is 4.79 Å². The average molecular weight is 304 g/mol. The van der Waals surface area contributed by atoms with Crippen LogP contribution in [-0.2, 0) is 16.0 Å². The van der Waals surface area contributed by atoms with Crippen molar-refractivity contribution in [3.8, 4) is 0 Å². The van der Waals surface area contributed by atoms with Gasteiger partial charge in [-0.3, -0.25) is 4.79 Å². The highest BCUT2D eigenvalue weighted by atomic mass is 16.6. The van der Waals surface area contributed by atoms with Crippen LogP contribution in [0.1, 0.15) is 25.3 Å². The average Bonchev–Trinajstić information content (AvgIpc) is 2.80. The first-order chi connectivity index (χ1) is 10.7. The maximum Gasteiger partial charge on any atom is 0.409 e. The first-order valence-electron chi connectivity index (χ1n) is 7.94. The lowest BCUT2D eigenvalue weighted by atomic mass is 10.1. The van der Waals surface area contributed by atoms with Crippen LogP contribution in [0.4, 0.5) is 4.79 Å². The minimum atomic E-state index is -0.277. The number of ether oxygens (including phenoxy) is 1. The zero-order chi connectivity index (χ0) is 15.8. The van der Waals surface area contributed by atoms with Crippen LogP contribution in [0.15, 0.2) is 30.3 Å². The van der Waals surface area contributed by atoms with Crippen LogP contribution in [0.2, 0.25) is 0 Å². The van der Waals surface area contributed by atoms with E-state index in [0.29, 0.717) is 39.2 Å². The molecule has 2 amide bonds. The zero-order valence-corrected chi connectivity index (χ0v) is 13.2. The SMILES string of the molecule is CCOC(=O)N1CCCN(C(=O)CCc2ccccc2)CC1. The van der Waals surface area contributed by atoms with Gasteiger partial charge in [0.05, 0.1) is 6.61 Å². The molecule has 1 aromatic carbocycles. The summed E-state index contributed by atoms with van der Waals surface area (Å²) in [6.07, 6.45) is 1.80. The molecular formula is C17H24N2O3. The molecule has 1 heterocycles. The fourth-order valence-electron chi connectivity index (χ4n) is 2.62. The maximum atomic E-state index is 12.3. The van der Waals surface area contributed by atoms with Crippen molar-refractivity contribution in [1.29, 1.82) is 0 Å². The molecule has 0 saturated carbocycles. The molecule has 5 nitrogen and oxygen atoms in total. The number of aryl methyl sites for hydroxylation is 1. The second-order valence-corrected chi connectivity index (χ2v) is 5.41. The normalized spacial score (nSPS) is 15.3. The summed E-state index contributed by atoms with van der Waals surface area (Å²) in [5.74, 6) is 0.162. The summed E-state index contributed by atoms with van der Waals surface area (Å²) in [7, 11) is 0. The van der Waals surface area contributed by atoms with E-state index in [-0.39, 0.29) is 12.0 Å². The van der Waals surface area contributed by atoms with Crippen molar-refractivity contribution in [3.63, 3.8) is 0 Å². The third-order valence-corrected chi connectivity index (χ3v) is 3.84. The van der Waals surface area contributed by atoms with Crippen LogP contribution in [0.3, 0.4) is 0 Å². The lowest BCUT2D eigenvalue weighted by molar-refractivity contribution is -0.131. The smallest absolute Gasteiger partial charge is 0.409 e. The quantitative estimate of drug-likeness (QED) is 0.857. The van der Waals surface area contributed by atoms with Crippen molar-refractivity contribution in [1.82, 2.24) is 9.80 Å². The molecule has 22 heavy (non-hydrogen) atoms. The predicted octanol–water partition coefficient (Wildman–Crippen LogP) is 2.31. The van der Waals surface area contributed by atoms with Gasteiger partial charge < -0.3 is 14.5 Å². The highest BCUT2D eigenvalue weighted by Gasteiger charge is 2.22. The summed E-state index contributed by atoms with van der Waals surface area (Å²) >= 11 is 0. The summed E-state index contributed by atoms with van der Waals surface area (Å²) in [5.41, 5.74) is 1.18. The van der Waals surface area contributed by atoms with Gasteiger partial charge in [-0.2, -0.15) is 0 Å². The Hall–Kier alpha value is -2.04. The van der Waals surface area contributed by atoms with Gasteiger partial charge in [0.1, 0.15) is 0 Å². The highest BCUT2D eigenvalue weighted by Crippen LogP contribution is 2.09. The Balaban J connectivity index is 1.80. The van der Waals surface area contributed by atoms with E-state index in [1.807, 2.05) is 35.2 Å². The van der Waals surface area contributed by atoms with Crippen LogP contribution in [-0.4, -0.2) is 54.6 Å². The van der Waals surface area contributed by atoms with E-state index >= 15 is 0 Å².